The van der Waals surface area contributed by atoms with Gasteiger partial charge in [0.25, 0.3) is 5.56 Å². The van der Waals surface area contributed by atoms with E-state index in [-0.39, 0.29) is 10.8 Å². The van der Waals surface area contributed by atoms with Crippen LogP contribution in [0.25, 0.3) is 16.7 Å². The maximum atomic E-state index is 12.8. The molecular weight excluding hydrogens is 362 g/mol. The van der Waals surface area contributed by atoms with Gasteiger partial charge in [0.2, 0.25) is 0 Å². The molecule has 27 heavy (non-hydrogen) atoms. The molecule has 0 saturated carbocycles. The van der Waals surface area contributed by atoms with E-state index in [1.165, 1.54) is 10.8 Å². The van der Waals surface area contributed by atoms with Gasteiger partial charge in [0.15, 0.2) is 5.82 Å². The first-order valence-corrected chi connectivity index (χ1v) is 8.50. The van der Waals surface area contributed by atoms with E-state index in [1.807, 2.05) is 6.92 Å². The summed E-state index contributed by atoms with van der Waals surface area (Å²) in [6, 6.07) is 8.48. The molecule has 5 nitrogen and oxygen atoms in total. The minimum atomic E-state index is -0.517. The molecule has 0 bridgehead atoms. The molecule has 0 aliphatic heterocycles. The Labute approximate surface area is 160 Å². The number of hydrogen-bond donors (Lipinski definition) is 0. The molecule has 0 fully saturated rings. The third-order valence-corrected chi connectivity index (χ3v) is 4.26. The molecule has 0 spiro atoms. The van der Waals surface area contributed by atoms with Gasteiger partial charge in [-0.3, -0.25) is 9.36 Å². The number of para-hydroxylation sites is 1. The van der Waals surface area contributed by atoms with Crippen molar-refractivity contribution in [3.05, 3.63) is 92.3 Å². The van der Waals surface area contributed by atoms with Crippen molar-refractivity contribution in [1.82, 2.24) is 14.1 Å². The van der Waals surface area contributed by atoms with Gasteiger partial charge in [-0.1, -0.05) is 54.3 Å². The van der Waals surface area contributed by atoms with Crippen LogP contribution < -0.4 is 11.2 Å². The molecule has 2 aromatic heterocycles. The van der Waals surface area contributed by atoms with E-state index in [0.717, 1.165) is 10.1 Å². The highest BCUT2D eigenvalue weighted by Gasteiger charge is 2.15. The van der Waals surface area contributed by atoms with Gasteiger partial charge in [0, 0.05) is 18.8 Å². The largest absolute Gasteiger partial charge is 0.337 e. The SMILES string of the molecule is C=C/C=C(\C)C#Cc1cnc(-n2c(=O)c3ccccc3n(C)c2=O)c(Cl)c1. The highest BCUT2D eigenvalue weighted by Crippen LogP contribution is 2.18. The molecule has 0 aliphatic rings. The summed E-state index contributed by atoms with van der Waals surface area (Å²) in [5.41, 5.74) is 0.978. The Kier molecular flexibility index (Phi) is 5.11. The number of fused-ring (bicyclic) bond motifs is 1. The number of hydrogen-bond acceptors (Lipinski definition) is 3. The van der Waals surface area contributed by atoms with Gasteiger partial charge in [0.05, 0.1) is 15.9 Å². The van der Waals surface area contributed by atoms with Gasteiger partial charge in [-0.05, 0) is 30.7 Å². The van der Waals surface area contributed by atoms with Crippen LogP contribution in [0.15, 0.2) is 70.4 Å². The van der Waals surface area contributed by atoms with E-state index >= 15 is 0 Å². The number of halogens is 1. The molecule has 0 amide bonds. The number of aryl methyl sites for hydroxylation is 1. The zero-order chi connectivity index (χ0) is 19.6. The summed E-state index contributed by atoms with van der Waals surface area (Å²) >= 11 is 6.32. The van der Waals surface area contributed by atoms with Crippen LogP contribution in [0.4, 0.5) is 0 Å². The average molecular weight is 378 g/mol. The lowest BCUT2D eigenvalue weighted by Gasteiger charge is -2.11. The van der Waals surface area contributed by atoms with Gasteiger partial charge in [0.1, 0.15) is 0 Å². The maximum Gasteiger partial charge on any atom is 0.337 e. The summed E-state index contributed by atoms with van der Waals surface area (Å²) in [7, 11) is 1.60. The number of benzene rings is 1. The van der Waals surface area contributed by atoms with E-state index in [4.69, 9.17) is 11.6 Å². The van der Waals surface area contributed by atoms with Gasteiger partial charge in [-0.2, -0.15) is 0 Å². The molecule has 134 valence electrons. The van der Waals surface area contributed by atoms with Crippen molar-refractivity contribution in [2.75, 3.05) is 0 Å². The number of nitrogens with zero attached hydrogens (tertiary/aromatic N) is 3. The summed E-state index contributed by atoms with van der Waals surface area (Å²) in [4.78, 5) is 29.8. The molecule has 0 saturated heterocycles. The first-order chi connectivity index (χ1) is 12.9. The van der Waals surface area contributed by atoms with E-state index in [9.17, 15) is 9.59 Å². The predicted octanol–water partition coefficient (Wildman–Crippen LogP) is 3.22. The topological polar surface area (TPSA) is 56.9 Å². The summed E-state index contributed by atoms with van der Waals surface area (Å²) in [6.07, 6.45) is 4.92. The van der Waals surface area contributed by atoms with Crippen molar-refractivity contribution < 1.29 is 0 Å². The molecule has 0 N–H and O–H groups in total. The molecule has 0 atom stereocenters. The fourth-order valence-corrected chi connectivity index (χ4v) is 2.90. The first kappa shape index (κ1) is 18.4. The average Bonchev–Trinajstić information content (AvgIpc) is 2.66. The van der Waals surface area contributed by atoms with E-state index in [0.29, 0.717) is 16.5 Å². The molecule has 3 rings (SSSR count). The molecule has 6 heteroatoms. The number of aromatic nitrogens is 3. The van der Waals surface area contributed by atoms with Crippen LogP contribution in [-0.4, -0.2) is 14.1 Å². The Morgan fingerprint density at radius 1 is 1.30 bits per heavy atom. The zero-order valence-electron chi connectivity index (χ0n) is 14.9. The normalized spacial score (nSPS) is 11.1. The molecule has 0 unspecified atom stereocenters. The number of allylic oxidation sites excluding steroid dienone is 3. The molecular formula is C21H16ClN3O2. The minimum Gasteiger partial charge on any atom is -0.296 e. The van der Waals surface area contributed by atoms with E-state index in [2.05, 4.69) is 23.4 Å². The van der Waals surface area contributed by atoms with Gasteiger partial charge in [-0.25, -0.2) is 14.3 Å². The fourth-order valence-electron chi connectivity index (χ4n) is 2.65. The van der Waals surface area contributed by atoms with E-state index < -0.39 is 11.2 Å². The summed E-state index contributed by atoms with van der Waals surface area (Å²) in [5.74, 6) is 5.96. The smallest absolute Gasteiger partial charge is 0.296 e. The predicted molar refractivity (Wildman–Crippen MR) is 108 cm³/mol. The Hall–Kier alpha value is -3.36. The fraction of sp³-hybridized carbons (Fsp3) is 0.0952. The quantitative estimate of drug-likeness (QED) is 0.509. The number of pyridine rings is 1. The van der Waals surface area contributed by atoms with Crippen LogP contribution in [0, 0.1) is 11.8 Å². The molecule has 2 heterocycles. The van der Waals surface area contributed by atoms with Crippen molar-refractivity contribution in [3.8, 4) is 17.7 Å². The van der Waals surface area contributed by atoms with Crippen LogP contribution >= 0.6 is 11.6 Å². The second-order valence-electron chi connectivity index (χ2n) is 5.86. The maximum absolute atomic E-state index is 12.8. The van der Waals surface area contributed by atoms with Crippen molar-refractivity contribution in [2.24, 2.45) is 7.05 Å². The standard InChI is InChI=1S/C21H16ClN3O2/c1-4-7-14(2)10-11-15-12-17(22)19(23-13-15)25-20(26)16-8-5-6-9-18(16)24(3)21(25)27/h4-9,12-13H,1H2,2-3H3/b14-7+. The third-order valence-electron chi connectivity index (χ3n) is 3.98. The van der Waals surface area contributed by atoms with Gasteiger partial charge >= 0.3 is 5.69 Å². The van der Waals surface area contributed by atoms with Crippen molar-refractivity contribution in [3.63, 3.8) is 0 Å². The van der Waals surface area contributed by atoms with Crippen LogP contribution in [0.3, 0.4) is 0 Å². The Morgan fingerprint density at radius 3 is 2.74 bits per heavy atom. The Morgan fingerprint density at radius 2 is 2.04 bits per heavy atom. The van der Waals surface area contributed by atoms with Gasteiger partial charge < -0.3 is 0 Å². The van der Waals surface area contributed by atoms with Crippen LogP contribution in [0.5, 0.6) is 0 Å². The van der Waals surface area contributed by atoms with Crippen molar-refractivity contribution >= 4 is 22.5 Å². The van der Waals surface area contributed by atoms with Crippen molar-refractivity contribution in [1.29, 1.82) is 0 Å². The lowest BCUT2D eigenvalue weighted by Crippen LogP contribution is -2.38. The minimum absolute atomic E-state index is 0.0805. The Balaban J connectivity index is 2.19. The molecule has 0 aliphatic carbocycles. The molecule has 1 aromatic carbocycles. The second-order valence-corrected chi connectivity index (χ2v) is 6.27. The molecule has 0 radical (unpaired) electrons. The number of rotatable bonds is 2. The van der Waals surface area contributed by atoms with Crippen LogP contribution in [0.1, 0.15) is 12.5 Å². The second kappa shape index (κ2) is 7.48. The summed E-state index contributed by atoms with van der Waals surface area (Å²) in [6.45, 7) is 5.48. The highest BCUT2D eigenvalue weighted by molar-refractivity contribution is 6.32. The van der Waals surface area contributed by atoms with Crippen molar-refractivity contribution in [2.45, 2.75) is 6.92 Å². The third kappa shape index (κ3) is 3.48. The lowest BCUT2D eigenvalue weighted by molar-refractivity contribution is 0.761. The van der Waals surface area contributed by atoms with Gasteiger partial charge in [-0.15, -0.1) is 0 Å². The van der Waals surface area contributed by atoms with E-state index in [1.54, 1.807) is 49.5 Å². The molecule has 3 aromatic rings. The summed E-state index contributed by atoms with van der Waals surface area (Å²) in [5, 5.41) is 0.577. The highest BCUT2D eigenvalue weighted by atomic mass is 35.5. The lowest BCUT2D eigenvalue weighted by atomic mass is 10.2. The monoisotopic (exact) mass is 377 g/mol. The Bertz CT molecular complexity index is 1270. The summed E-state index contributed by atoms with van der Waals surface area (Å²) < 4.78 is 2.37. The first-order valence-electron chi connectivity index (χ1n) is 8.12. The van der Waals surface area contributed by atoms with Crippen LogP contribution in [0.2, 0.25) is 5.02 Å². The zero-order valence-corrected chi connectivity index (χ0v) is 15.6. The van der Waals surface area contributed by atoms with Crippen LogP contribution in [-0.2, 0) is 7.05 Å².